The molecule has 2 heterocycles. The standard InChI is InChI=1S/C14H13N3O2/c1-6-7(2)12-10(8(3)11(6)17-14(18)19)9-4-5-15-13(9)16-12/h4-5,17H,1-3H3,(H,18,19). The van der Waals surface area contributed by atoms with E-state index >= 15 is 0 Å². The van der Waals surface area contributed by atoms with Crippen molar-refractivity contribution in [3.05, 3.63) is 28.3 Å². The fraction of sp³-hybridized carbons (Fsp3) is 0.214. The number of carbonyl (C=O) groups is 1. The molecule has 1 aromatic rings. The second-order valence-corrected chi connectivity index (χ2v) is 4.70. The van der Waals surface area contributed by atoms with E-state index < -0.39 is 6.09 Å². The number of carboxylic acid groups (broad SMARTS) is 1. The lowest BCUT2D eigenvalue weighted by molar-refractivity contribution is 0.209. The van der Waals surface area contributed by atoms with Gasteiger partial charge < -0.3 is 5.11 Å². The number of rotatable bonds is 1. The van der Waals surface area contributed by atoms with Crippen LogP contribution in [0.4, 0.5) is 16.2 Å². The summed E-state index contributed by atoms with van der Waals surface area (Å²) in [5, 5.41) is 11.5. The Morgan fingerprint density at radius 3 is 2.63 bits per heavy atom. The fourth-order valence-corrected chi connectivity index (χ4v) is 2.62. The van der Waals surface area contributed by atoms with Crippen LogP contribution in [0.1, 0.15) is 22.3 Å². The van der Waals surface area contributed by atoms with Crippen LogP contribution in [0.25, 0.3) is 5.57 Å². The summed E-state index contributed by atoms with van der Waals surface area (Å²) in [4.78, 5) is 19.7. The van der Waals surface area contributed by atoms with E-state index in [0.717, 1.165) is 33.5 Å². The number of nitrogens with one attached hydrogen (secondary N) is 1. The van der Waals surface area contributed by atoms with Crippen LogP contribution in [-0.2, 0) is 0 Å². The van der Waals surface area contributed by atoms with Crippen molar-refractivity contribution in [1.82, 2.24) is 0 Å². The highest BCUT2D eigenvalue weighted by atomic mass is 16.4. The van der Waals surface area contributed by atoms with Gasteiger partial charge in [0.1, 0.15) is 0 Å². The predicted octanol–water partition coefficient (Wildman–Crippen LogP) is 3.21. The van der Waals surface area contributed by atoms with Gasteiger partial charge in [-0.3, -0.25) is 5.32 Å². The van der Waals surface area contributed by atoms with E-state index in [4.69, 9.17) is 5.11 Å². The molecule has 1 aromatic carbocycles. The molecule has 0 fully saturated rings. The number of nitrogens with zero attached hydrogens (tertiary/aromatic N) is 2. The zero-order valence-electron chi connectivity index (χ0n) is 10.9. The highest BCUT2D eigenvalue weighted by Gasteiger charge is 2.29. The molecule has 2 aliphatic heterocycles. The van der Waals surface area contributed by atoms with Crippen LogP contribution in [0, 0.1) is 20.8 Å². The first-order valence-corrected chi connectivity index (χ1v) is 5.98. The molecule has 2 N–H and O–H groups in total. The Balaban J connectivity index is 2.28. The van der Waals surface area contributed by atoms with Gasteiger partial charge in [-0.05, 0) is 43.5 Å². The Bertz CT molecular complexity index is 712. The maximum absolute atomic E-state index is 10.9. The van der Waals surface area contributed by atoms with Crippen LogP contribution >= 0.6 is 0 Å². The van der Waals surface area contributed by atoms with Gasteiger partial charge >= 0.3 is 6.09 Å². The zero-order chi connectivity index (χ0) is 13.7. The van der Waals surface area contributed by atoms with E-state index in [2.05, 4.69) is 15.3 Å². The van der Waals surface area contributed by atoms with Gasteiger partial charge in [-0.2, -0.15) is 0 Å². The second-order valence-electron chi connectivity index (χ2n) is 4.70. The lowest BCUT2D eigenvalue weighted by Crippen LogP contribution is -2.11. The number of allylic oxidation sites excluding steroid dienone is 1. The highest BCUT2D eigenvalue weighted by molar-refractivity contribution is 6.35. The number of amidine groups is 1. The molecule has 0 saturated heterocycles. The van der Waals surface area contributed by atoms with Crippen molar-refractivity contribution in [3.8, 4) is 0 Å². The van der Waals surface area contributed by atoms with Crippen LogP contribution in [0.2, 0.25) is 0 Å². The van der Waals surface area contributed by atoms with Gasteiger partial charge in [0.25, 0.3) is 0 Å². The van der Waals surface area contributed by atoms with Crippen LogP contribution < -0.4 is 5.32 Å². The quantitative estimate of drug-likeness (QED) is 0.808. The lowest BCUT2D eigenvalue weighted by Gasteiger charge is -2.17. The summed E-state index contributed by atoms with van der Waals surface area (Å²) in [6.07, 6.45) is 2.58. The van der Waals surface area contributed by atoms with Gasteiger partial charge in [0, 0.05) is 17.4 Å². The minimum Gasteiger partial charge on any atom is -0.465 e. The number of hydrogen-bond acceptors (Lipinski definition) is 3. The molecule has 96 valence electrons. The summed E-state index contributed by atoms with van der Waals surface area (Å²) in [6.45, 7) is 5.77. The van der Waals surface area contributed by atoms with Gasteiger partial charge in [0.2, 0.25) is 0 Å². The molecule has 0 bridgehead atoms. The van der Waals surface area contributed by atoms with Crippen LogP contribution in [0.5, 0.6) is 0 Å². The van der Waals surface area contributed by atoms with Crippen LogP contribution in [-0.4, -0.2) is 23.2 Å². The second kappa shape index (κ2) is 3.78. The van der Waals surface area contributed by atoms with Gasteiger partial charge in [-0.1, -0.05) is 0 Å². The summed E-state index contributed by atoms with van der Waals surface area (Å²) >= 11 is 0. The molecule has 5 nitrogen and oxygen atoms in total. The number of fused-ring (bicyclic) bond motifs is 3. The largest absolute Gasteiger partial charge is 0.465 e. The molecule has 19 heavy (non-hydrogen) atoms. The predicted molar refractivity (Wildman–Crippen MR) is 75.9 cm³/mol. The highest BCUT2D eigenvalue weighted by Crippen LogP contribution is 2.45. The molecular formula is C14H13N3O2. The Morgan fingerprint density at radius 1 is 1.21 bits per heavy atom. The smallest absolute Gasteiger partial charge is 0.409 e. The zero-order valence-corrected chi connectivity index (χ0v) is 10.9. The van der Waals surface area contributed by atoms with Crippen LogP contribution in [0.3, 0.4) is 0 Å². The summed E-state index contributed by atoms with van der Waals surface area (Å²) in [5.41, 5.74) is 6.31. The van der Waals surface area contributed by atoms with E-state index in [1.165, 1.54) is 0 Å². The fourth-order valence-electron chi connectivity index (χ4n) is 2.62. The molecule has 3 rings (SSSR count). The monoisotopic (exact) mass is 255 g/mol. The maximum Gasteiger partial charge on any atom is 0.409 e. The average Bonchev–Trinajstić information content (AvgIpc) is 2.91. The summed E-state index contributed by atoms with van der Waals surface area (Å²) in [7, 11) is 0. The van der Waals surface area contributed by atoms with Crippen LogP contribution in [0.15, 0.2) is 16.1 Å². The van der Waals surface area contributed by atoms with E-state index in [9.17, 15) is 4.79 Å². The number of hydrogen-bond donors (Lipinski definition) is 2. The van der Waals surface area contributed by atoms with Crippen molar-refractivity contribution in [2.24, 2.45) is 9.98 Å². The number of aliphatic imine (C=N–C) groups is 2. The van der Waals surface area contributed by atoms with Crippen molar-refractivity contribution in [3.63, 3.8) is 0 Å². The SMILES string of the molecule is Cc1c(C)c(NC(=O)O)c(C)c2c1N=C1N=CC=C12. The molecule has 0 aliphatic carbocycles. The van der Waals surface area contributed by atoms with Crippen molar-refractivity contribution < 1.29 is 9.90 Å². The molecule has 0 unspecified atom stereocenters. The molecule has 0 spiro atoms. The maximum atomic E-state index is 10.9. The van der Waals surface area contributed by atoms with Gasteiger partial charge in [-0.25, -0.2) is 14.8 Å². The Morgan fingerprint density at radius 2 is 1.95 bits per heavy atom. The minimum absolute atomic E-state index is 0.646. The van der Waals surface area contributed by atoms with Crippen molar-refractivity contribution in [2.45, 2.75) is 20.8 Å². The van der Waals surface area contributed by atoms with E-state index in [0.29, 0.717) is 11.5 Å². The summed E-state index contributed by atoms with van der Waals surface area (Å²) in [6, 6.07) is 0. The topological polar surface area (TPSA) is 74.0 Å². The third-order valence-electron chi connectivity index (χ3n) is 3.68. The van der Waals surface area contributed by atoms with Crippen molar-refractivity contribution >= 4 is 35.1 Å². The molecule has 2 aliphatic rings. The molecule has 1 amide bonds. The van der Waals surface area contributed by atoms with Gasteiger partial charge in [-0.15, -0.1) is 0 Å². The van der Waals surface area contributed by atoms with E-state index in [-0.39, 0.29) is 0 Å². The number of amides is 1. The van der Waals surface area contributed by atoms with Gasteiger partial charge in [0.15, 0.2) is 5.84 Å². The summed E-state index contributed by atoms with van der Waals surface area (Å²) in [5.74, 6) is 0.716. The minimum atomic E-state index is -1.05. The van der Waals surface area contributed by atoms with E-state index in [1.807, 2.05) is 26.8 Å². The van der Waals surface area contributed by atoms with Gasteiger partial charge in [0.05, 0.1) is 11.4 Å². The van der Waals surface area contributed by atoms with Crippen molar-refractivity contribution in [2.75, 3.05) is 5.32 Å². The molecule has 5 heteroatoms. The third-order valence-corrected chi connectivity index (χ3v) is 3.68. The third kappa shape index (κ3) is 1.51. The first kappa shape index (κ1) is 11.6. The average molecular weight is 255 g/mol. The molecule has 0 saturated carbocycles. The number of benzene rings is 1. The Labute approximate surface area is 110 Å². The Hall–Kier alpha value is -2.43. The molecule has 0 atom stereocenters. The first-order chi connectivity index (χ1) is 9.00. The Kier molecular flexibility index (Phi) is 2.32. The normalized spacial score (nSPS) is 14.9. The first-order valence-electron chi connectivity index (χ1n) is 5.98. The molecular weight excluding hydrogens is 242 g/mol. The summed E-state index contributed by atoms with van der Waals surface area (Å²) < 4.78 is 0. The van der Waals surface area contributed by atoms with E-state index in [1.54, 1.807) is 6.21 Å². The lowest BCUT2D eigenvalue weighted by atomic mass is 9.92. The molecule has 0 aromatic heterocycles. The number of anilines is 1. The van der Waals surface area contributed by atoms with Crippen molar-refractivity contribution in [1.29, 1.82) is 0 Å². The molecule has 0 radical (unpaired) electrons.